The van der Waals surface area contributed by atoms with Crippen LogP contribution in [0.1, 0.15) is 32.6 Å². The highest BCUT2D eigenvalue weighted by molar-refractivity contribution is 9.09. The van der Waals surface area contributed by atoms with E-state index in [-0.39, 0.29) is 12.0 Å². The number of alkyl halides is 1. The van der Waals surface area contributed by atoms with Crippen molar-refractivity contribution >= 4 is 21.8 Å². The van der Waals surface area contributed by atoms with E-state index in [2.05, 4.69) is 21.2 Å². The van der Waals surface area contributed by atoms with Gasteiger partial charge in [0.1, 0.15) is 0 Å². The van der Waals surface area contributed by atoms with Crippen molar-refractivity contribution in [3.05, 3.63) is 0 Å². The van der Waals surface area contributed by atoms with E-state index < -0.39 is 0 Å². The van der Waals surface area contributed by atoms with Gasteiger partial charge in [0.15, 0.2) is 0 Å². The average Bonchev–Trinajstić information content (AvgIpc) is 2.04. The molecule has 0 bridgehead atoms. The second-order valence-electron chi connectivity index (χ2n) is 3.13. The second-order valence-corrected chi connectivity index (χ2v) is 3.93. The highest BCUT2D eigenvalue weighted by Crippen LogP contribution is 1.98. The topological polar surface area (TPSA) is 49.3 Å². The summed E-state index contributed by atoms with van der Waals surface area (Å²) >= 11 is 3.31. The smallest absolute Gasteiger partial charge is 0.219 e. The molecule has 4 heteroatoms. The summed E-state index contributed by atoms with van der Waals surface area (Å²) in [7, 11) is 0. The fraction of sp³-hybridized carbons (Fsp3) is 0.889. The van der Waals surface area contributed by atoms with Gasteiger partial charge in [0.05, 0.1) is 6.10 Å². The van der Waals surface area contributed by atoms with Gasteiger partial charge in [-0.3, -0.25) is 4.79 Å². The van der Waals surface area contributed by atoms with Gasteiger partial charge < -0.3 is 10.4 Å². The van der Waals surface area contributed by atoms with Crippen LogP contribution in [0, 0.1) is 0 Å². The number of hydrogen-bond acceptors (Lipinski definition) is 2. The normalized spacial score (nSPS) is 12.5. The van der Waals surface area contributed by atoms with Gasteiger partial charge in [-0.15, -0.1) is 0 Å². The van der Waals surface area contributed by atoms with Gasteiger partial charge in [0.25, 0.3) is 0 Å². The summed E-state index contributed by atoms with van der Waals surface area (Å²) in [4.78, 5) is 11.1. The molecule has 0 heterocycles. The number of carbonyl (C=O) groups excluding carboxylic acids is 1. The summed E-state index contributed by atoms with van der Waals surface area (Å²) < 4.78 is 0. The molecule has 0 saturated carbocycles. The van der Waals surface area contributed by atoms with Gasteiger partial charge in [-0.25, -0.2) is 0 Å². The van der Waals surface area contributed by atoms with Crippen LogP contribution in [0.2, 0.25) is 0 Å². The minimum Gasteiger partial charge on any atom is -0.393 e. The number of rotatable bonds is 7. The van der Waals surface area contributed by atoms with Gasteiger partial charge in [-0.2, -0.15) is 0 Å². The monoisotopic (exact) mass is 251 g/mol. The molecule has 1 unspecified atom stereocenters. The van der Waals surface area contributed by atoms with Crippen LogP contribution < -0.4 is 5.32 Å². The first-order valence-electron chi connectivity index (χ1n) is 4.67. The van der Waals surface area contributed by atoms with Gasteiger partial charge >= 0.3 is 0 Å². The molecule has 0 spiro atoms. The van der Waals surface area contributed by atoms with Crippen molar-refractivity contribution in [2.24, 2.45) is 0 Å². The molecule has 2 N–H and O–H groups in total. The summed E-state index contributed by atoms with van der Waals surface area (Å²) in [6.07, 6.45) is 2.84. The van der Waals surface area contributed by atoms with Crippen LogP contribution in [0.4, 0.5) is 0 Å². The van der Waals surface area contributed by atoms with Crippen molar-refractivity contribution in [2.75, 3.05) is 11.9 Å². The molecule has 0 fully saturated rings. The average molecular weight is 252 g/mol. The molecule has 0 aliphatic heterocycles. The number of halogens is 1. The van der Waals surface area contributed by atoms with E-state index in [1.807, 2.05) is 0 Å². The van der Waals surface area contributed by atoms with E-state index in [0.29, 0.717) is 19.4 Å². The molecule has 0 aliphatic rings. The molecule has 78 valence electrons. The summed E-state index contributed by atoms with van der Waals surface area (Å²) in [5, 5.41) is 12.6. The minimum absolute atomic E-state index is 0.0848. The number of hydrogen-bond donors (Lipinski definition) is 2. The predicted octanol–water partition coefficient (Wildman–Crippen LogP) is 1.44. The van der Waals surface area contributed by atoms with Crippen LogP contribution >= 0.6 is 15.9 Å². The highest BCUT2D eigenvalue weighted by atomic mass is 79.9. The Balaban J connectivity index is 3.20. The molecule has 3 nitrogen and oxygen atoms in total. The van der Waals surface area contributed by atoms with E-state index in [1.54, 1.807) is 6.92 Å². The lowest BCUT2D eigenvalue weighted by Gasteiger charge is -2.05. The first kappa shape index (κ1) is 12.9. The van der Waals surface area contributed by atoms with E-state index in [1.165, 1.54) is 0 Å². The van der Waals surface area contributed by atoms with Crippen molar-refractivity contribution in [3.63, 3.8) is 0 Å². The standard InChI is InChI=1S/C9H18BrNO2/c1-8(12)5-7-11-9(13)4-2-3-6-10/h8,12H,2-7H2,1H3,(H,11,13). The van der Waals surface area contributed by atoms with Crippen molar-refractivity contribution in [3.8, 4) is 0 Å². The third kappa shape index (κ3) is 9.83. The van der Waals surface area contributed by atoms with E-state index >= 15 is 0 Å². The van der Waals surface area contributed by atoms with Gasteiger partial charge in [-0.1, -0.05) is 15.9 Å². The Morgan fingerprint density at radius 3 is 2.77 bits per heavy atom. The van der Waals surface area contributed by atoms with Crippen molar-refractivity contribution in [1.29, 1.82) is 0 Å². The Hall–Kier alpha value is -0.0900. The number of aliphatic hydroxyl groups excluding tert-OH is 1. The Morgan fingerprint density at radius 2 is 2.23 bits per heavy atom. The molecule has 0 rings (SSSR count). The van der Waals surface area contributed by atoms with Crippen molar-refractivity contribution in [2.45, 2.75) is 38.7 Å². The van der Waals surface area contributed by atoms with Crippen LogP contribution in [-0.2, 0) is 4.79 Å². The van der Waals surface area contributed by atoms with E-state index in [4.69, 9.17) is 5.11 Å². The second kappa shape index (κ2) is 8.51. The zero-order valence-electron chi connectivity index (χ0n) is 8.05. The summed E-state index contributed by atoms with van der Waals surface area (Å²) in [6.45, 7) is 2.29. The van der Waals surface area contributed by atoms with Crippen molar-refractivity contribution in [1.82, 2.24) is 5.32 Å². The molecule has 0 aliphatic carbocycles. The number of amides is 1. The maximum absolute atomic E-state index is 11.1. The molecule has 0 aromatic carbocycles. The quantitative estimate of drug-likeness (QED) is 0.532. The summed E-state index contributed by atoms with van der Waals surface area (Å²) in [5.74, 6) is 0.0848. The van der Waals surface area contributed by atoms with Crippen LogP contribution in [0.5, 0.6) is 0 Å². The molecular formula is C9H18BrNO2. The number of unbranched alkanes of at least 4 members (excludes halogenated alkanes) is 1. The van der Waals surface area contributed by atoms with Crippen LogP contribution in [0.15, 0.2) is 0 Å². The number of carbonyl (C=O) groups is 1. The van der Waals surface area contributed by atoms with Crippen LogP contribution in [0.25, 0.3) is 0 Å². The Morgan fingerprint density at radius 1 is 1.54 bits per heavy atom. The molecule has 0 aromatic heterocycles. The third-order valence-electron chi connectivity index (χ3n) is 1.67. The van der Waals surface area contributed by atoms with Crippen molar-refractivity contribution < 1.29 is 9.90 Å². The van der Waals surface area contributed by atoms with Gasteiger partial charge in [0.2, 0.25) is 5.91 Å². The third-order valence-corrected chi connectivity index (χ3v) is 2.23. The number of aliphatic hydroxyl groups is 1. The fourth-order valence-corrected chi connectivity index (χ4v) is 1.29. The zero-order valence-corrected chi connectivity index (χ0v) is 9.64. The minimum atomic E-state index is -0.331. The Bertz CT molecular complexity index is 140. The highest BCUT2D eigenvalue weighted by Gasteiger charge is 2.00. The SMILES string of the molecule is CC(O)CCNC(=O)CCCCBr. The number of nitrogens with one attached hydrogen (secondary N) is 1. The first-order chi connectivity index (χ1) is 6.16. The predicted molar refractivity (Wildman–Crippen MR) is 57.0 cm³/mol. The lowest BCUT2D eigenvalue weighted by molar-refractivity contribution is -0.121. The maximum atomic E-state index is 11.1. The van der Waals surface area contributed by atoms with Crippen LogP contribution in [-0.4, -0.2) is 29.0 Å². The Labute approximate surface area is 88.0 Å². The van der Waals surface area contributed by atoms with E-state index in [0.717, 1.165) is 18.2 Å². The molecule has 0 radical (unpaired) electrons. The molecule has 0 aromatic rings. The lowest BCUT2D eigenvalue weighted by atomic mass is 10.2. The first-order valence-corrected chi connectivity index (χ1v) is 5.79. The largest absolute Gasteiger partial charge is 0.393 e. The molecule has 0 saturated heterocycles. The molecule has 1 atom stereocenters. The molecule has 13 heavy (non-hydrogen) atoms. The Kier molecular flexibility index (Phi) is 8.45. The van der Waals surface area contributed by atoms with E-state index in [9.17, 15) is 4.79 Å². The molecular weight excluding hydrogens is 234 g/mol. The lowest BCUT2D eigenvalue weighted by Crippen LogP contribution is -2.26. The zero-order chi connectivity index (χ0) is 10.1. The van der Waals surface area contributed by atoms with Crippen LogP contribution in [0.3, 0.4) is 0 Å². The van der Waals surface area contributed by atoms with Gasteiger partial charge in [0, 0.05) is 18.3 Å². The van der Waals surface area contributed by atoms with Gasteiger partial charge in [-0.05, 0) is 26.2 Å². The fourth-order valence-electron chi connectivity index (χ4n) is 0.889. The summed E-state index contributed by atoms with van der Waals surface area (Å²) in [5.41, 5.74) is 0. The summed E-state index contributed by atoms with van der Waals surface area (Å²) in [6, 6.07) is 0. The maximum Gasteiger partial charge on any atom is 0.219 e. The molecule has 1 amide bonds.